The van der Waals surface area contributed by atoms with Crippen molar-refractivity contribution in [1.29, 1.82) is 0 Å². The van der Waals surface area contributed by atoms with Gasteiger partial charge in [0.2, 0.25) is 0 Å². The van der Waals surface area contributed by atoms with Gasteiger partial charge in [0.15, 0.2) is 0 Å². The maximum Gasteiger partial charge on any atom is 1.00 e. The number of rotatable bonds is 7. The molecule has 0 saturated heterocycles. The first kappa shape index (κ1) is 20.1. The number of nitrogens with zero attached hydrogens (tertiary/aromatic N) is 1. The molecule has 0 aromatic rings. The van der Waals surface area contributed by atoms with E-state index in [1.165, 1.54) is 0 Å². The molecule has 0 bridgehead atoms. The van der Waals surface area contributed by atoms with Gasteiger partial charge in [-0.05, 0) is 13.1 Å². The summed E-state index contributed by atoms with van der Waals surface area (Å²) in [4.78, 5) is 1.60. The van der Waals surface area contributed by atoms with Crippen LogP contribution >= 0.6 is 0 Å². The van der Waals surface area contributed by atoms with Crippen molar-refractivity contribution in [2.75, 3.05) is 25.4 Å². The molecule has 1 N–H and O–H groups in total. The summed E-state index contributed by atoms with van der Waals surface area (Å²) in [5, 5.41) is -1.64. The summed E-state index contributed by atoms with van der Waals surface area (Å²) in [7, 11) is -9.22. The Hall–Kier alpha value is 0.780. The second kappa shape index (κ2) is 8.05. The van der Waals surface area contributed by atoms with Gasteiger partial charge in [-0.2, -0.15) is 8.42 Å². The zero-order valence-electron chi connectivity index (χ0n) is 10.2. The topological polar surface area (TPSA) is 115 Å². The molecule has 17 heavy (non-hydrogen) atoms. The third-order valence-corrected chi connectivity index (χ3v) is 4.33. The quantitative estimate of drug-likeness (QED) is 0.378. The van der Waals surface area contributed by atoms with E-state index in [1.807, 2.05) is 0 Å². The molecular formula is C7H16NNaO6S2. The predicted octanol–water partition coefficient (Wildman–Crippen LogP) is -3.87. The van der Waals surface area contributed by atoms with E-state index in [-0.39, 0.29) is 36.1 Å². The zero-order valence-corrected chi connectivity index (χ0v) is 13.8. The van der Waals surface area contributed by atoms with E-state index in [2.05, 4.69) is 0 Å². The minimum Gasteiger partial charge on any atom is -0.748 e. The average molecular weight is 297 g/mol. The van der Waals surface area contributed by atoms with Crippen LogP contribution in [0.25, 0.3) is 0 Å². The van der Waals surface area contributed by atoms with E-state index >= 15 is 0 Å². The van der Waals surface area contributed by atoms with Gasteiger partial charge in [-0.25, -0.2) is 8.42 Å². The van der Waals surface area contributed by atoms with Gasteiger partial charge >= 0.3 is 29.6 Å². The van der Waals surface area contributed by atoms with Gasteiger partial charge < -0.3 is 9.45 Å². The first-order valence-electron chi connectivity index (χ1n) is 4.72. The molecular weight excluding hydrogens is 281 g/mol. The van der Waals surface area contributed by atoms with Crippen LogP contribution in [0, 0.1) is 0 Å². The Morgan fingerprint density at radius 1 is 1.18 bits per heavy atom. The second-order valence-electron chi connectivity index (χ2n) is 3.35. The molecule has 1 atom stereocenters. The molecule has 0 saturated carbocycles. The third-order valence-electron chi connectivity index (χ3n) is 2.16. The maximum absolute atomic E-state index is 10.8. The molecule has 7 nitrogen and oxygen atoms in total. The second-order valence-corrected chi connectivity index (χ2v) is 6.50. The summed E-state index contributed by atoms with van der Waals surface area (Å²) in [5.41, 5.74) is 0. The van der Waals surface area contributed by atoms with Crippen molar-refractivity contribution in [1.82, 2.24) is 4.90 Å². The van der Waals surface area contributed by atoms with Crippen molar-refractivity contribution >= 4 is 20.2 Å². The van der Waals surface area contributed by atoms with Crippen molar-refractivity contribution < 1.29 is 55.5 Å². The Bertz CT molecular complexity index is 402. The molecule has 0 rings (SSSR count). The first-order valence-corrected chi connectivity index (χ1v) is 7.80. The van der Waals surface area contributed by atoms with Crippen LogP contribution in [0.5, 0.6) is 0 Å². The molecule has 0 aliphatic carbocycles. The van der Waals surface area contributed by atoms with E-state index < -0.39 is 31.2 Å². The van der Waals surface area contributed by atoms with Crippen LogP contribution in [0.3, 0.4) is 0 Å². The van der Waals surface area contributed by atoms with Gasteiger partial charge in [-0.1, -0.05) is 13.8 Å². The molecule has 0 amide bonds. The molecule has 0 aliphatic heterocycles. The Labute approximate surface area is 124 Å². The first-order chi connectivity index (χ1) is 7.10. The molecule has 0 heterocycles. The van der Waals surface area contributed by atoms with Crippen LogP contribution in [-0.4, -0.2) is 61.5 Å². The summed E-state index contributed by atoms with van der Waals surface area (Å²) < 4.78 is 62.2. The molecule has 0 aliphatic rings. The molecule has 1 unspecified atom stereocenters. The average Bonchev–Trinajstić information content (AvgIpc) is 2.08. The standard InChI is InChI=1S/C7H17NO6S2.Na/c1-3-8(4-2)5-7(16(12,13)14)6-15(9,10)11;/h7H,3-6H2,1-2H3,(H,9,10,11)(H,12,13,14);/q;+1/p-1. The van der Waals surface area contributed by atoms with Crippen LogP contribution in [-0.2, 0) is 20.2 Å². The van der Waals surface area contributed by atoms with Crippen molar-refractivity contribution in [3.8, 4) is 0 Å². The van der Waals surface area contributed by atoms with E-state index in [0.29, 0.717) is 13.1 Å². The van der Waals surface area contributed by atoms with E-state index in [0.717, 1.165) is 0 Å². The molecule has 0 aromatic carbocycles. The molecule has 98 valence electrons. The van der Waals surface area contributed by atoms with Crippen LogP contribution in [0.2, 0.25) is 0 Å². The zero-order chi connectivity index (χ0) is 13.0. The van der Waals surface area contributed by atoms with Crippen LogP contribution in [0.4, 0.5) is 0 Å². The fourth-order valence-corrected chi connectivity index (χ4v) is 3.38. The Morgan fingerprint density at radius 2 is 1.59 bits per heavy atom. The molecule has 0 aromatic heterocycles. The summed E-state index contributed by atoms with van der Waals surface area (Å²) >= 11 is 0. The van der Waals surface area contributed by atoms with Gasteiger partial charge in [0.25, 0.3) is 10.1 Å². The monoisotopic (exact) mass is 297 g/mol. The smallest absolute Gasteiger partial charge is 0.748 e. The summed E-state index contributed by atoms with van der Waals surface area (Å²) in [6, 6.07) is 0. The van der Waals surface area contributed by atoms with Crippen LogP contribution < -0.4 is 29.6 Å². The summed E-state index contributed by atoms with van der Waals surface area (Å²) in [5.74, 6) is -1.06. The van der Waals surface area contributed by atoms with Gasteiger partial charge in [0.05, 0.1) is 21.1 Å². The van der Waals surface area contributed by atoms with Gasteiger partial charge in [-0.15, -0.1) is 0 Å². The van der Waals surface area contributed by atoms with E-state index in [1.54, 1.807) is 18.7 Å². The van der Waals surface area contributed by atoms with E-state index in [4.69, 9.17) is 4.55 Å². The molecule has 0 fully saturated rings. The van der Waals surface area contributed by atoms with Gasteiger partial charge in [0.1, 0.15) is 0 Å². The number of hydrogen-bond donors (Lipinski definition) is 1. The Kier molecular flexibility index (Phi) is 9.52. The molecule has 10 heteroatoms. The minimum atomic E-state index is -4.74. The van der Waals surface area contributed by atoms with E-state index in [9.17, 15) is 21.4 Å². The van der Waals surface area contributed by atoms with Crippen LogP contribution in [0.15, 0.2) is 0 Å². The predicted molar refractivity (Wildman–Crippen MR) is 57.7 cm³/mol. The maximum atomic E-state index is 10.8. The number of hydrogen-bond acceptors (Lipinski definition) is 6. The fourth-order valence-electron chi connectivity index (χ4n) is 1.23. The molecule has 0 spiro atoms. The van der Waals surface area contributed by atoms with Crippen molar-refractivity contribution in [3.63, 3.8) is 0 Å². The third kappa shape index (κ3) is 9.37. The van der Waals surface area contributed by atoms with Crippen molar-refractivity contribution in [2.45, 2.75) is 19.1 Å². The summed E-state index contributed by atoms with van der Waals surface area (Å²) in [6.45, 7) is 4.30. The fraction of sp³-hybridized carbons (Fsp3) is 1.00. The van der Waals surface area contributed by atoms with Crippen molar-refractivity contribution in [2.24, 2.45) is 0 Å². The van der Waals surface area contributed by atoms with Crippen molar-refractivity contribution in [3.05, 3.63) is 0 Å². The van der Waals surface area contributed by atoms with Gasteiger partial charge in [0, 0.05) is 6.54 Å². The van der Waals surface area contributed by atoms with Crippen LogP contribution in [0.1, 0.15) is 13.8 Å². The molecule has 0 radical (unpaired) electrons. The Balaban J connectivity index is 0. The minimum absolute atomic E-state index is 0. The Morgan fingerprint density at radius 3 is 1.82 bits per heavy atom. The summed E-state index contributed by atoms with van der Waals surface area (Å²) in [6.07, 6.45) is 0. The normalized spacial score (nSPS) is 14.4. The SMILES string of the molecule is CCN(CC)CC(CS(=O)(=O)O)S(=O)(=O)[O-].[Na+]. The largest absolute Gasteiger partial charge is 1.00 e. The van der Waals surface area contributed by atoms with Gasteiger partial charge in [-0.3, -0.25) is 4.55 Å².